The average Bonchev–Trinajstić information content (AvgIpc) is 3.08. The van der Waals surface area contributed by atoms with Crippen LogP contribution in [0.4, 0.5) is 17.6 Å². The predicted molar refractivity (Wildman–Crippen MR) is 74.4 cm³/mol. The summed E-state index contributed by atoms with van der Waals surface area (Å²) in [5.41, 5.74) is 0.849. The molecule has 6 nitrogen and oxygen atoms in total. The maximum Gasteiger partial charge on any atom is 0.451 e. The molecule has 1 aliphatic heterocycles. The molecule has 1 aliphatic rings. The van der Waals surface area contributed by atoms with Gasteiger partial charge in [0.05, 0.1) is 35.6 Å². The van der Waals surface area contributed by atoms with Crippen molar-refractivity contribution in [1.29, 1.82) is 0 Å². The van der Waals surface area contributed by atoms with Crippen LogP contribution in [0, 0.1) is 5.82 Å². The van der Waals surface area contributed by atoms with Gasteiger partial charge in [0.15, 0.2) is 5.82 Å². The minimum Gasteiger partial charge on any atom is -0.376 e. The van der Waals surface area contributed by atoms with Crippen molar-refractivity contribution in [2.45, 2.75) is 25.2 Å². The zero-order valence-electron chi connectivity index (χ0n) is 12.1. The number of benzene rings is 1. The summed E-state index contributed by atoms with van der Waals surface area (Å²) in [5, 5.41) is 5.22. The molecule has 4 rings (SSSR count). The van der Waals surface area contributed by atoms with E-state index >= 15 is 0 Å². The number of rotatable bonds is 3. The molecule has 3 aromatic rings. The highest BCUT2D eigenvalue weighted by molar-refractivity contribution is 5.81. The van der Waals surface area contributed by atoms with Crippen molar-refractivity contribution in [1.82, 2.24) is 24.7 Å². The van der Waals surface area contributed by atoms with Crippen LogP contribution in [0.2, 0.25) is 0 Å². The van der Waals surface area contributed by atoms with Gasteiger partial charge in [0.25, 0.3) is 0 Å². The van der Waals surface area contributed by atoms with Gasteiger partial charge in [0.2, 0.25) is 5.82 Å². The zero-order valence-corrected chi connectivity index (χ0v) is 12.1. The quantitative estimate of drug-likeness (QED) is 0.744. The first-order chi connectivity index (χ1) is 11.4. The molecular weight excluding hydrogens is 330 g/mol. The van der Waals surface area contributed by atoms with Crippen LogP contribution in [0.3, 0.4) is 0 Å². The lowest BCUT2D eigenvalue weighted by Gasteiger charge is -2.26. The van der Waals surface area contributed by atoms with E-state index in [9.17, 15) is 17.6 Å². The van der Waals surface area contributed by atoms with Crippen molar-refractivity contribution >= 4 is 11.0 Å². The molecule has 1 aromatic carbocycles. The minimum atomic E-state index is -4.67. The first kappa shape index (κ1) is 15.1. The van der Waals surface area contributed by atoms with Crippen LogP contribution < -0.4 is 0 Å². The maximum atomic E-state index is 14.4. The first-order valence-electron chi connectivity index (χ1n) is 7.18. The molecule has 0 amide bonds. The van der Waals surface area contributed by atoms with Gasteiger partial charge in [-0.1, -0.05) is 0 Å². The van der Waals surface area contributed by atoms with E-state index in [0.29, 0.717) is 24.2 Å². The molecule has 10 heteroatoms. The van der Waals surface area contributed by atoms with E-state index in [1.54, 1.807) is 16.0 Å². The van der Waals surface area contributed by atoms with Crippen LogP contribution in [0.25, 0.3) is 22.4 Å². The van der Waals surface area contributed by atoms with Crippen LogP contribution in [0.15, 0.2) is 18.5 Å². The van der Waals surface area contributed by atoms with Gasteiger partial charge < -0.3 is 9.30 Å². The van der Waals surface area contributed by atoms with Crippen LogP contribution in [-0.2, 0) is 17.5 Å². The van der Waals surface area contributed by atoms with Crippen LogP contribution in [0.1, 0.15) is 12.2 Å². The summed E-state index contributed by atoms with van der Waals surface area (Å²) in [4.78, 5) is 7.48. The third-order valence-electron chi connectivity index (χ3n) is 3.90. The molecule has 3 heterocycles. The SMILES string of the molecule is Fc1cc2c(cc1-c1n[nH]c(C(F)(F)F)n1)ncn2C[C@@H]1CCO1. The standard InChI is InChI=1S/C14H11F4N5O/c15-9-4-11-10(19-6-23(11)5-7-1-2-24-7)3-8(9)12-20-13(22-21-12)14(16,17)18/h3-4,6-7H,1-2,5H2,(H,20,21,22)/t7-/m0/s1. The lowest BCUT2D eigenvalue weighted by atomic mass is 10.1. The number of nitrogens with zero attached hydrogens (tertiary/aromatic N) is 4. The summed E-state index contributed by atoms with van der Waals surface area (Å²) in [6.07, 6.45) is -2.12. The summed E-state index contributed by atoms with van der Waals surface area (Å²) >= 11 is 0. The number of aromatic nitrogens is 5. The lowest BCUT2D eigenvalue weighted by molar-refractivity contribution is -0.144. The molecule has 1 fully saturated rings. The highest BCUT2D eigenvalue weighted by Gasteiger charge is 2.35. The summed E-state index contributed by atoms with van der Waals surface area (Å²) in [7, 11) is 0. The number of hydrogen-bond acceptors (Lipinski definition) is 4. The topological polar surface area (TPSA) is 68.6 Å². The van der Waals surface area contributed by atoms with Gasteiger partial charge >= 0.3 is 6.18 Å². The Balaban J connectivity index is 1.71. The molecule has 24 heavy (non-hydrogen) atoms. The first-order valence-corrected chi connectivity index (χ1v) is 7.18. The Hall–Kier alpha value is -2.49. The molecule has 1 saturated heterocycles. The Bertz CT molecular complexity index is 896. The van der Waals surface area contributed by atoms with E-state index < -0.39 is 17.8 Å². The van der Waals surface area contributed by atoms with E-state index in [4.69, 9.17) is 4.74 Å². The van der Waals surface area contributed by atoms with Crippen molar-refractivity contribution in [2.75, 3.05) is 6.61 Å². The van der Waals surface area contributed by atoms with Crippen LogP contribution in [-0.4, -0.2) is 37.4 Å². The normalized spacial score (nSPS) is 18.1. The third kappa shape index (κ3) is 2.52. The Kier molecular flexibility index (Phi) is 3.30. The highest BCUT2D eigenvalue weighted by Crippen LogP contribution is 2.30. The fourth-order valence-corrected chi connectivity index (χ4v) is 2.55. The fraction of sp³-hybridized carbons (Fsp3) is 0.357. The Morgan fingerprint density at radius 1 is 1.33 bits per heavy atom. The molecule has 0 aliphatic carbocycles. The molecule has 1 N–H and O–H groups in total. The highest BCUT2D eigenvalue weighted by atomic mass is 19.4. The molecule has 0 saturated carbocycles. The number of nitrogens with one attached hydrogen (secondary N) is 1. The van der Waals surface area contributed by atoms with Gasteiger partial charge in [-0.25, -0.2) is 14.4 Å². The summed E-state index contributed by atoms with van der Waals surface area (Å²) in [6.45, 7) is 1.26. The number of fused-ring (bicyclic) bond motifs is 1. The minimum absolute atomic E-state index is 0.0764. The van der Waals surface area contributed by atoms with Gasteiger partial charge in [-0.15, -0.1) is 0 Å². The number of ether oxygens (including phenoxy) is 1. The number of halogens is 4. The summed E-state index contributed by atoms with van der Waals surface area (Å²) < 4.78 is 59.2. The van der Waals surface area contributed by atoms with Gasteiger partial charge in [0, 0.05) is 12.7 Å². The van der Waals surface area contributed by atoms with Crippen LogP contribution >= 0.6 is 0 Å². The largest absolute Gasteiger partial charge is 0.451 e. The van der Waals surface area contributed by atoms with Crippen molar-refractivity contribution in [3.8, 4) is 11.4 Å². The van der Waals surface area contributed by atoms with Gasteiger partial charge in [-0.2, -0.15) is 18.3 Å². The van der Waals surface area contributed by atoms with E-state index in [2.05, 4.69) is 15.1 Å². The van der Waals surface area contributed by atoms with Crippen molar-refractivity contribution in [3.05, 3.63) is 30.1 Å². The number of aromatic amines is 1. The zero-order chi connectivity index (χ0) is 16.9. The van der Waals surface area contributed by atoms with Crippen molar-refractivity contribution in [2.24, 2.45) is 0 Å². The number of hydrogen-bond donors (Lipinski definition) is 1. The average molecular weight is 341 g/mol. The second kappa shape index (κ2) is 5.26. The Morgan fingerprint density at radius 2 is 2.12 bits per heavy atom. The summed E-state index contributed by atoms with van der Waals surface area (Å²) in [6, 6.07) is 2.56. The number of H-pyrrole nitrogens is 1. The van der Waals surface area contributed by atoms with Gasteiger partial charge in [-0.05, 0) is 12.5 Å². The molecule has 0 radical (unpaired) electrons. The van der Waals surface area contributed by atoms with Crippen molar-refractivity contribution < 1.29 is 22.3 Å². The Morgan fingerprint density at radius 3 is 2.75 bits per heavy atom. The Labute approximate surface area is 132 Å². The second-order valence-electron chi connectivity index (χ2n) is 5.50. The van der Waals surface area contributed by atoms with Gasteiger partial charge in [-0.3, -0.25) is 5.10 Å². The predicted octanol–water partition coefficient (Wildman–Crippen LogP) is 2.77. The maximum absolute atomic E-state index is 14.4. The second-order valence-corrected chi connectivity index (χ2v) is 5.50. The smallest absolute Gasteiger partial charge is 0.376 e. The van der Waals surface area contributed by atoms with E-state index in [0.717, 1.165) is 6.42 Å². The van der Waals surface area contributed by atoms with E-state index in [1.807, 2.05) is 0 Å². The molecule has 0 bridgehead atoms. The third-order valence-corrected chi connectivity index (χ3v) is 3.90. The molecule has 0 unspecified atom stereocenters. The van der Waals surface area contributed by atoms with Crippen LogP contribution in [0.5, 0.6) is 0 Å². The van der Waals surface area contributed by atoms with Gasteiger partial charge in [0.1, 0.15) is 5.82 Å². The molecule has 126 valence electrons. The monoisotopic (exact) mass is 341 g/mol. The number of alkyl halides is 3. The molecule has 1 atom stereocenters. The lowest BCUT2D eigenvalue weighted by Crippen LogP contribution is -2.30. The van der Waals surface area contributed by atoms with E-state index in [1.165, 1.54) is 12.1 Å². The van der Waals surface area contributed by atoms with E-state index in [-0.39, 0.29) is 17.5 Å². The van der Waals surface area contributed by atoms with Crippen molar-refractivity contribution in [3.63, 3.8) is 0 Å². The molecule has 2 aromatic heterocycles. The fourth-order valence-electron chi connectivity index (χ4n) is 2.55. The summed E-state index contributed by atoms with van der Waals surface area (Å²) in [5.74, 6) is -2.35. The molecular formula is C14H11F4N5O. The molecule has 0 spiro atoms. The number of imidazole rings is 1.